The van der Waals surface area contributed by atoms with Gasteiger partial charge in [-0.15, -0.1) is 11.3 Å². The van der Waals surface area contributed by atoms with Crippen molar-refractivity contribution in [2.75, 3.05) is 5.32 Å². The van der Waals surface area contributed by atoms with E-state index >= 15 is 0 Å². The van der Waals surface area contributed by atoms with Gasteiger partial charge in [-0.2, -0.15) is 0 Å². The summed E-state index contributed by atoms with van der Waals surface area (Å²) in [6.07, 6.45) is 1.82. The quantitative estimate of drug-likeness (QED) is 0.435. The molecule has 4 rings (SSSR count). The Balaban J connectivity index is 1.68. The molecule has 3 aromatic heterocycles. The number of nitrogens with zero attached hydrogens (tertiary/aromatic N) is 2. The van der Waals surface area contributed by atoms with Crippen molar-refractivity contribution < 1.29 is 5.11 Å². The summed E-state index contributed by atoms with van der Waals surface area (Å²) < 4.78 is 1.09. The van der Waals surface area contributed by atoms with Crippen LogP contribution in [-0.2, 0) is 12.1 Å². The number of halogens is 1. The van der Waals surface area contributed by atoms with Crippen LogP contribution in [0.25, 0.3) is 20.3 Å². The summed E-state index contributed by atoms with van der Waals surface area (Å²) in [6.45, 7) is 8.21. The van der Waals surface area contributed by atoms with Crippen LogP contribution in [0.2, 0.25) is 5.02 Å². The number of aryl methyl sites for hydroxylation is 2. The first kappa shape index (κ1) is 19.1. The Bertz CT molecular complexity index is 1180. The van der Waals surface area contributed by atoms with Gasteiger partial charge in [0.25, 0.3) is 0 Å². The molecule has 144 valence electrons. The number of nitrogens with one attached hydrogen (secondary N) is 1. The van der Waals surface area contributed by atoms with Gasteiger partial charge in [0.2, 0.25) is 0 Å². The molecule has 28 heavy (non-hydrogen) atoms. The standard InChI is InChI=1S/C22H22ClN3OS/c1-12-17-16-9-10-24-20(19(16)28-21(17)26-13(2)18(12)23)25-11-14-5-7-15(8-6-14)22(3,4)27/h5-10,27H,11H2,1-4H3,(H,24,25). The molecular weight excluding hydrogens is 390 g/mol. The Morgan fingerprint density at radius 3 is 2.54 bits per heavy atom. The van der Waals surface area contributed by atoms with Crippen molar-refractivity contribution >= 4 is 49.1 Å². The molecule has 6 heteroatoms. The van der Waals surface area contributed by atoms with Gasteiger partial charge in [0, 0.05) is 23.5 Å². The average molecular weight is 412 g/mol. The highest BCUT2D eigenvalue weighted by Gasteiger charge is 2.17. The molecule has 4 aromatic rings. The van der Waals surface area contributed by atoms with Crippen LogP contribution in [0.5, 0.6) is 0 Å². The van der Waals surface area contributed by atoms with E-state index in [4.69, 9.17) is 11.6 Å². The van der Waals surface area contributed by atoms with Crippen molar-refractivity contribution in [3.05, 3.63) is 63.9 Å². The molecule has 2 N–H and O–H groups in total. The van der Waals surface area contributed by atoms with Crippen LogP contribution in [-0.4, -0.2) is 15.1 Å². The third kappa shape index (κ3) is 3.34. The van der Waals surface area contributed by atoms with Crippen LogP contribution in [0.1, 0.15) is 36.2 Å². The number of hydrogen-bond acceptors (Lipinski definition) is 5. The fraction of sp³-hybridized carbons (Fsp3) is 0.273. The largest absolute Gasteiger partial charge is 0.386 e. The number of benzene rings is 1. The van der Waals surface area contributed by atoms with E-state index in [9.17, 15) is 5.11 Å². The highest BCUT2D eigenvalue weighted by atomic mass is 35.5. The summed E-state index contributed by atoms with van der Waals surface area (Å²) in [6, 6.07) is 10.0. The van der Waals surface area contributed by atoms with Gasteiger partial charge < -0.3 is 10.4 Å². The van der Waals surface area contributed by atoms with E-state index in [0.717, 1.165) is 53.5 Å². The van der Waals surface area contributed by atoms with Crippen molar-refractivity contribution in [3.63, 3.8) is 0 Å². The van der Waals surface area contributed by atoms with E-state index in [1.54, 1.807) is 25.2 Å². The first-order valence-electron chi connectivity index (χ1n) is 9.15. The molecule has 0 saturated heterocycles. The average Bonchev–Trinajstić information content (AvgIpc) is 3.03. The predicted molar refractivity (Wildman–Crippen MR) is 118 cm³/mol. The molecule has 0 amide bonds. The number of fused-ring (bicyclic) bond motifs is 3. The molecule has 4 nitrogen and oxygen atoms in total. The van der Waals surface area contributed by atoms with E-state index < -0.39 is 5.60 Å². The molecule has 0 unspecified atom stereocenters. The van der Waals surface area contributed by atoms with Crippen molar-refractivity contribution in [2.45, 2.75) is 39.8 Å². The maximum absolute atomic E-state index is 10.1. The Kier molecular flexibility index (Phi) is 4.78. The van der Waals surface area contributed by atoms with Crippen LogP contribution in [0.15, 0.2) is 36.5 Å². The summed E-state index contributed by atoms with van der Waals surface area (Å²) in [5.41, 5.74) is 3.11. The van der Waals surface area contributed by atoms with Gasteiger partial charge in [-0.3, -0.25) is 0 Å². The number of thiophene rings is 1. The van der Waals surface area contributed by atoms with Gasteiger partial charge in [-0.1, -0.05) is 35.9 Å². The summed E-state index contributed by atoms with van der Waals surface area (Å²) >= 11 is 8.07. The van der Waals surface area contributed by atoms with Crippen LogP contribution < -0.4 is 5.32 Å². The first-order valence-corrected chi connectivity index (χ1v) is 10.3. The Labute approximate surface area is 173 Å². The monoisotopic (exact) mass is 411 g/mol. The van der Waals surface area contributed by atoms with E-state index in [0.29, 0.717) is 6.54 Å². The number of aliphatic hydroxyl groups is 1. The fourth-order valence-corrected chi connectivity index (χ4v) is 4.76. The molecule has 1 aromatic carbocycles. The summed E-state index contributed by atoms with van der Waals surface area (Å²) in [4.78, 5) is 10.2. The molecule has 0 aliphatic rings. The molecule has 0 aliphatic heterocycles. The minimum absolute atomic E-state index is 0.651. The summed E-state index contributed by atoms with van der Waals surface area (Å²) in [5, 5.41) is 16.5. The second kappa shape index (κ2) is 6.99. The highest BCUT2D eigenvalue weighted by Crippen LogP contribution is 2.40. The lowest BCUT2D eigenvalue weighted by atomic mass is 9.97. The maximum atomic E-state index is 10.1. The SMILES string of the molecule is Cc1nc2sc3c(NCc4ccc(C(C)(C)O)cc4)nccc3c2c(C)c1Cl. The fourth-order valence-electron chi connectivity index (χ4n) is 3.38. The minimum atomic E-state index is -0.833. The molecule has 0 radical (unpaired) electrons. The Hall–Kier alpha value is -2.21. The third-order valence-electron chi connectivity index (χ3n) is 5.00. The molecule has 0 fully saturated rings. The number of rotatable bonds is 4. The van der Waals surface area contributed by atoms with Gasteiger partial charge in [-0.05, 0) is 50.5 Å². The van der Waals surface area contributed by atoms with E-state index in [-0.39, 0.29) is 0 Å². The second-order valence-corrected chi connectivity index (χ2v) is 8.94. The molecule has 0 spiro atoms. The molecule has 0 aliphatic carbocycles. The maximum Gasteiger partial charge on any atom is 0.144 e. The highest BCUT2D eigenvalue weighted by molar-refractivity contribution is 7.26. The zero-order valence-corrected chi connectivity index (χ0v) is 17.9. The Morgan fingerprint density at radius 1 is 1.14 bits per heavy atom. The zero-order valence-electron chi connectivity index (χ0n) is 16.3. The predicted octanol–water partition coefficient (Wildman–Crippen LogP) is 5.95. The molecule has 3 heterocycles. The van der Waals surface area contributed by atoms with Gasteiger partial charge >= 0.3 is 0 Å². The summed E-state index contributed by atoms with van der Waals surface area (Å²) in [7, 11) is 0. The third-order valence-corrected chi connectivity index (χ3v) is 6.66. The number of hydrogen-bond donors (Lipinski definition) is 2. The van der Waals surface area contributed by atoms with Crippen molar-refractivity contribution in [2.24, 2.45) is 0 Å². The lowest BCUT2D eigenvalue weighted by molar-refractivity contribution is 0.0786. The van der Waals surface area contributed by atoms with Crippen molar-refractivity contribution in [1.82, 2.24) is 9.97 Å². The van der Waals surface area contributed by atoms with Gasteiger partial charge in [0.1, 0.15) is 10.6 Å². The lowest BCUT2D eigenvalue weighted by Crippen LogP contribution is -2.15. The molecular formula is C22H22ClN3OS. The van der Waals surface area contributed by atoms with Gasteiger partial charge in [-0.25, -0.2) is 9.97 Å². The van der Waals surface area contributed by atoms with Crippen LogP contribution in [0.4, 0.5) is 5.82 Å². The van der Waals surface area contributed by atoms with Crippen LogP contribution in [0, 0.1) is 13.8 Å². The molecule has 0 saturated carbocycles. The number of anilines is 1. The zero-order chi connectivity index (χ0) is 20.1. The minimum Gasteiger partial charge on any atom is -0.386 e. The number of pyridine rings is 2. The van der Waals surface area contributed by atoms with Crippen LogP contribution in [0.3, 0.4) is 0 Å². The Morgan fingerprint density at radius 2 is 1.86 bits per heavy atom. The van der Waals surface area contributed by atoms with E-state index in [1.165, 1.54) is 0 Å². The topological polar surface area (TPSA) is 58.0 Å². The summed E-state index contributed by atoms with van der Waals surface area (Å²) in [5.74, 6) is 0.847. The smallest absolute Gasteiger partial charge is 0.144 e. The first-order chi connectivity index (χ1) is 13.3. The number of aromatic nitrogens is 2. The lowest BCUT2D eigenvalue weighted by Gasteiger charge is -2.18. The van der Waals surface area contributed by atoms with Gasteiger partial charge in [0.05, 0.1) is 21.0 Å². The van der Waals surface area contributed by atoms with Crippen LogP contribution >= 0.6 is 22.9 Å². The van der Waals surface area contributed by atoms with E-state index in [2.05, 4.69) is 15.3 Å². The van der Waals surface area contributed by atoms with E-state index in [1.807, 2.05) is 50.4 Å². The second-order valence-electron chi connectivity index (χ2n) is 7.56. The molecule has 0 atom stereocenters. The molecule has 0 bridgehead atoms. The van der Waals surface area contributed by atoms with Gasteiger partial charge in [0.15, 0.2) is 0 Å². The van der Waals surface area contributed by atoms with Crippen molar-refractivity contribution in [1.29, 1.82) is 0 Å². The van der Waals surface area contributed by atoms with Crippen molar-refractivity contribution in [3.8, 4) is 0 Å². The normalized spacial score (nSPS) is 12.1.